The fraction of sp³-hybridized carbons (Fsp3) is 0.667. The van der Waals surface area contributed by atoms with Gasteiger partial charge < -0.3 is 11.1 Å². The molecule has 1 saturated heterocycles. The molecule has 72 valence electrons. The molecule has 3 N–H and O–H groups in total. The van der Waals surface area contributed by atoms with Crippen LogP contribution in [-0.2, 0) is 6.42 Å². The van der Waals surface area contributed by atoms with Crippen molar-refractivity contribution in [3.8, 4) is 0 Å². The quantitative estimate of drug-likeness (QED) is 0.751. The highest BCUT2D eigenvalue weighted by molar-refractivity contribution is 7.11. The first kappa shape index (κ1) is 9.12. The number of hydrogen-bond acceptors (Lipinski definition) is 4. The molecule has 1 fully saturated rings. The number of nitrogens with one attached hydrogen (secondary N) is 1. The summed E-state index contributed by atoms with van der Waals surface area (Å²) in [6.45, 7) is 2.95. The van der Waals surface area contributed by atoms with E-state index in [-0.39, 0.29) is 0 Å². The summed E-state index contributed by atoms with van der Waals surface area (Å²) >= 11 is 1.82. The van der Waals surface area contributed by atoms with Crippen LogP contribution in [0.5, 0.6) is 0 Å². The molecule has 2 rings (SSSR count). The number of thiazole rings is 1. The van der Waals surface area contributed by atoms with Crippen LogP contribution >= 0.6 is 11.3 Å². The first-order chi connectivity index (χ1) is 6.40. The van der Waals surface area contributed by atoms with Crippen LogP contribution in [0.2, 0.25) is 0 Å². The van der Waals surface area contributed by atoms with Gasteiger partial charge in [0.2, 0.25) is 0 Å². The van der Waals surface area contributed by atoms with Crippen molar-refractivity contribution in [2.75, 3.05) is 19.6 Å². The van der Waals surface area contributed by atoms with Crippen molar-refractivity contribution in [3.63, 3.8) is 0 Å². The van der Waals surface area contributed by atoms with Crippen LogP contribution < -0.4 is 11.1 Å². The first-order valence-electron chi connectivity index (χ1n) is 4.75. The van der Waals surface area contributed by atoms with Crippen molar-refractivity contribution >= 4 is 11.3 Å². The third kappa shape index (κ3) is 2.07. The summed E-state index contributed by atoms with van der Waals surface area (Å²) in [5.41, 5.74) is 5.49. The molecular weight excluding hydrogens is 182 g/mol. The zero-order valence-corrected chi connectivity index (χ0v) is 8.44. The molecule has 1 aromatic rings. The third-order valence-electron chi connectivity index (χ3n) is 2.37. The van der Waals surface area contributed by atoms with E-state index in [1.165, 1.54) is 16.3 Å². The summed E-state index contributed by atoms with van der Waals surface area (Å²) in [5, 5.41) is 4.64. The van der Waals surface area contributed by atoms with Gasteiger partial charge in [0.1, 0.15) is 0 Å². The van der Waals surface area contributed by atoms with Gasteiger partial charge in [0.05, 0.1) is 5.01 Å². The Hall–Kier alpha value is -0.450. The summed E-state index contributed by atoms with van der Waals surface area (Å²) in [5.74, 6) is 0.650. The Kier molecular flexibility index (Phi) is 2.93. The standard InChI is InChI=1S/C9H15N3S/c10-3-1-8-6-12-9(13-8)7-2-4-11-5-7/h6-7,11H,1-5,10H2. The highest BCUT2D eigenvalue weighted by Gasteiger charge is 2.19. The maximum Gasteiger partial charge on any atom is 0.0971 e. The van der Waals surface area contributed by atoms with E-state index in [2.05, 4.69) is 10.3 Å². The molecule has 1 aromatic heterocycles. The molecule has 3 nitrogen and oxygen atoms in total. The van der Waals surface area contributed by atoms with E-state index in [1.807, 2.05) is 17.5 Å². The molecular formula is C9H15N3S. The molecule has 1 aliphatic rings. The number of nitrogens with zero attached hydrogens (tertiary/aromatic N) is 1. The van der Waals surface area contributed by atoms with E-state index in [9.17, 15) is 0 Å². The normalized spacial score (nSPS) is 22.4. The number of rotatable bonds is 3. The molecule has 0 spiro atoms. The molecule has 0 aromatic carbocycles. The molecule has 0 saturated carbocycles. The van der Waals surface area contributed by atoms with Gasteiger partial charge in [-0.25, -0.2) is 4.98 Å². The van der Waals surface area contributed by atoms with Crippen molar-refractivity contribution < 1.29 is 0 Å². The molecule has 1 unspecified atom stereocenters. The second-order valence-electron chi connectivity index (χ2n) is 3.39. The van der Waals surface area contributed by atoms with Gasteiger partial charge in [-0.3, -0.25) is 0 Å². The van der Waals surface area contributed by atoms with Crippen molar-refractivity contribution in [1.82, 2.24) is 10.3 Å². The van der Waals surface area contributed by atoms with Crippen LogP contribution in [0.1, 0.15) is 22.2 Å². The lowest BCUT2D eigenvalue weighted by Gasteiger charge is -2.01. The number of nitrogens with two attached hydrogens (primary N) is 1. The molecule has 0 aliphatic carbocycles. The number of hydrogen-bond donors (Lipinski definition) is 2. The molecule has 4 heteroatoms. The third-order valence-corrected chi connectivity index (χ3v) is 3.59. The molecule has 13 heavy (non-hydrogen) atoms. The predicted molar refractivity (Wildman–Crippen MR) is 55.1 cm³/mol. The van der Waals surface area contributed by atoms with Gasteiger partial charge >= 0.3 is 0 Å². The lowest BCUT2D eigenvalue weighted by atomic mass is 10.1. The smallest absolute Gasteiger partial charge is 0.0971 e. The average Bonchev–Trinajstić information content (AvgIpc) is 2.70. The Morgan fingerprint density at radius 2 is 2.62 bits per heavy atom. The van der Waals surface area contributed by atoms with E-state index in [0.717, 1.165) is 26.1 Å². The Balaban J connectivity index is 2.03. The zero-order chi connectivity index (χ0) is 9.10. The van der Waals surface area contributed by atoms with Gasteiger partial charge in [-0.2, -0.15) is 0 Å². The Labute approximate surface area is 82.4 Å². The minimum absolute atomic E-state index is 0.650. The highest BCUT2D eigenvalue weighted by atomic mass is 32.1. The zero-order valence-electron chi connectivity index (χ0n) is 7.62. The molecule has 0 radical (unpaired) electrons. The second-order valence-corrected chi connectivity index (χ2v) is 4.54. The lowest BCUT2D eigenvalue weighted by molar-refractivity contribution is 0.755. The summed E-state index contributed by atoms with van der Waals surface area (Å²) in [6.07, 6.45) is 4.18. The summed E-state index contributed by atoms with van der Waals surface area (Å²) in [4.78, 5) is 5.76. The SMILES string of the molecule is NCCc1cnc(C2CCNC2)s1. The Bertz CT molecular complexity index is 266. The van der Waals surface area contributed by atoms with E-state index in [0.29, 0.717) is 5.92 Å². The van der Waals surface area contributed by atoms with Crippen LogP contribution in [0, 0.1) is 0 Å². The van der Waals surface area contributed by atoms with Gasteiger partial charge in [-0.05, 0) is 25.9 Å². The van der Waals surface area contributed by atoms with Crippen molar-refractivity contribution in [2.24, 2.45) is 5.73 Å². The fourth-order valence-electron chi connectivity index (χ4n) is 1.63. The minimum atomic E-state index is 0.650. The van der Waals surface area contributed by atoms with Crippen molar-refractivity contribution in [2.45, 2.75) is 18.8 Å². The first-order valence-corrected chi connectivity index (χ1v) is 5.57. The highest BCUT2D eigenvalue weighted by Crippen LogP contribution is 2.26. The Morgan fingerprint density at radius 3 is 3.31 bits per heavy atom. The molecule has 1 atom stereocenters. The summed E-state index contributed by atoms with van der Waals surface area (Å²) in [7, 11) is 0. The van der Waals surface area contributed by atoms with Gasteiger partial charge in [0.25, 0.3) is 0 Å². The average molecular weight is 197 g/mol. The van der Waals surface area contributed by atoms with Gasteiger partial charge in [0, 0.05) is 23.5 Å². The van der Waals surface area contributed by atoms with Gasteiger partial charge in [-0.1, -0.05) is 0 Å². The van der Waals surface area contributed by atoms with Gasteiger partial charge in [-0.15, -0.1) is 11.3 Å². The summed E-state index contributed by atoms with van der Waals surface area (Å²) < 4.78 is 0. The largest absolute Gasteiger partial charge is 0.330 e. The van der Waals surface area contributed by atoms with Crippen molar-refractivity contribution in [3.05, 3.63) is 16.1 Å². The topological polar surface area (TPSA) is 50.9 Å². The Morgan fingerprint density at radius 1 is 1.69 bits per heavy atom. The summed E-state index contributed by atoms with van der Waals surface area (Å²) in [6, 6.07) is 0. The second kappa shape index (κ2) is 4.17. The fourth-order valence-corrected chi connectivity index (χ4v) is 2.70. The van der Waals surface area contributed by atoms with Crippen molar-refractivity contribution in [1.29, 1.82) is 0 Å². The van der Waals surface area contributed by atoms with Crippen LogP contribution in [0.15, 0.2) is 6.20 Å². The number of aromatic nitrogens is 1. The maximum absolute atomic E-state index is 5.49. The van der Waals surface area contributed by atoms with E-state index in [4.69, 9.17) is 5.73 Å². The van der Waals surface area contributed by atoms with E-state index < -0.39 is 0 Å². The van der Waals surface area contributed by atoms with Crippen LogP contribution in [0.4, 0.5) is 0 Å². The molecule has 0 amide bonds. The van der Waals surface area contributed by atoms with Crippen LogP contribution in [0.25, 0.3) is 0 Å². The monoisotopic (exact) mass is 197 g/mol. The molecule has 0 bridgehead atoms. The van der Waals surface area contributed by atoms with Crippen LogP contribution in [-0.4, -0.2) is 24.6 Å². The minimum Gasteiger partial charge on any atom is -0.330 e. The maximum atomic E-state index is 5.49. The van der Waals surface area contributed by atoms with E-state index in [1.54, 1.807) is 0 Å². The molecule has 1 aliphatic heterocycles. The predicted octanol–water partition coefficient (Wildman–Crippen LogP) is 0.721. The van der Waals surface area contributed by atoms with E-state index >= 15 is 0 Å². The van der Waals surface area contributed by atoms with Crippen LogP contribution in [0.3, 0.4) is 0 Å². The molecule has 2 heterocycles. The van der Waals surface area contributed by atoms with Gasteiger partial charge in [0.15, 0.2) is 0 Å². The lowest BCUT2D eigenvalue weighted by Crippen LogP contribution is -2.07.